The summed E-state index contributed by atoms with van der Waals surface area (Å²) in [6.07, 6.45) is -6.00. The molecule has 14 heteroatoms. The van der Waals surface area contributed by atoms with Crippen LogP contribution in [0.25, 0.3) is 11.0 Å². The summed E-state index contributed by atoms with van der Waals surface area (Å²) in [4.78, 5) is 35.0. The largest absolute Gasteiger partial charge is 0.514 e. The summed E-state index contributed by atoms with van der Waals surface area (Å²) in [5, 5.41) is 11.2. The molecular weight excluding hydrogens is 567 g/mol. The zero-order valence-corrected chi connectivity index (χ0v) is 22.3. The van der Waals surface area contributed by atoms with E-state index in [2.05, 4.69) is 0 Å². The molecule has 0 aliphatic heterocycles. The third-order valence-electron chi connectivity index (χ3n) is 5.95. The van der Waals surface area contributed by atoms with Crippen molar-refractivity contribution in [2.75, 3.05) is 14.2 Å². The van der Waals surface area contributed by atoms with Crippen LogP contribution in [0.5, 0.6) is 23.0 Å². The lowest BCUT2D eigenvalue weighted by molar-refractivity contribution is -0.385. The average molecular weight is 589 g/mol. The molecular formula is C28H22F3NO10. The van der Waals surface area contributed by atoms with Crippen molar-refractivity contribution in [1.29, 1.82) is 0 Å². The van der Waals surface area contributed by atoms with Gasteiger partial charge in [0.25, 0.3) is 5.69 Å². The second kappa shape index (κ2) is 12.1. The van der Waals surface area contributed by atoms with E-state index in [0.717, 1.165) is 23.8 Å². The number of carbonyl (C=O) groups is 1. The fourth-order valence-electron chi connectivity index (χ4n) is 4.02. The van der Waals surface area contributed by atoms with Crippen LogP contribution in [0.15, 0.2) is 63.8 Å². The first-order chi connectivity index (χ1) is 19.9. The van der Waals surface area contributed by atoms with Crippen molar-refractivity contribution < 1.29 is 51.0 Å². The maximum Gasteiger partial charge on any atom is 0.514 e. The zero-order chi connectivity index (χ0) is 30.6. The van der Waals surface area contributed by atoms with E-state index in [-0.39, 0.29) is 52.8 Å². The minimum atomic E-state index is -4.80. The van der Waals surface area contributed by atoms with Crippen LogP contribution in [0.4, 0.5) is 23.7 Å². The summed E-state index contributed by atoms with van der Waals surface area (Å²) in [6.45, 7) is 1.20. The number of hydrogen-bond donors (Lipinski definition) is 0. The molecule has 42 heavy (non-hydrogen) atoms. The lowest BCUT2D eigenvalue weighted by atomic mass is 10.1. The van der Waals surface area contributed by atoms with Gasteiger partial charge >= 0.3 is 18.0 Å². The first kappa shape index (κ1) is 29.7. The first-order valence-electron chi connectivity index (χ1n) is 12.0. The van der Waals surface area contributed by atoms with Crippen molar-refractivity contribution in [2.45, 2.75) is 26.3 Å². The fourth-order valence-corrected chi connectivity index (χ4v) is 4.02. The number of ether oxygens (including phenoxy) is 5. The summed E-state index contributed by atoms with van der Waals surface area (Å²) in [7, 11) is 2.74. The third kappa shape index (κ3) is 6.71. The molecule has 0 atom stereocenters. The summed E-state index contributed by atoms with van der Waals surface area (Å²) >= 11 is 0. The Balaban J connectivity index is 1.49. The van der Waals surface area contributed by atoms with Crippen molar-refractivity contribution in [1.82, 2.24) is 0 Å². The van der Waals surface area contributed by atoms with Crippen LogP contribution in [0.3, 0.4) is 0 Å². The van der Waals surface area contributed by atoms with Gasteiger partial charge in [-0.2, -0.15) is 13.2 Å². The number of benzene rings is 3. The highest BCUT2D eigenvalue weighted by molar-refractivity contribution is 5.82. The molecule has 4 aromatic rings. The van der Waals surface area contributed by atoms with Gasteiger partial charge in [0.05, 0.1) is 36.3 Å². The second-order valence-corrected chi connectivity index (χ2v) is 8.77. The van der Waals surface area contributed by atoms with Crippen molar-refractivity contribution in [3.8, 4) is 23.0 Å². The summed E-state index contributed by atoms with van der Waals surface area (Å²) < 4.78 is 71.0. The molecule has 0 saturated heterocycles. The normalized spacial score (nSPS) is 11.2. The topological polar surface area (TPSA) is 137 Å². The van der Waals surface area contributed by atoms with E-state index in [1.807, 2.05) is 0 Å². The van der Waals surface area contributed by atoms with Crippen molar-refractivity contribution in [2.24, 2.45) is 0 Å². The number of nitrogens with zero attached hydrogens (tertiary/aromatic N) is 1. The number of carbonyl (C=O) groups excluding carboxylic acids is 1. The monoisotopic (exact) mass is 589 g/mol. The lowest BCUT2D eigenvalue weighted by Gasteiger charge is -2.14. The maximum atomic E-state index is 13.3. The zero-order valence-electron chi connectivity index (χ0n) is 22.3. The molecule has 0 amide bonds. The van der Waals surface area contributed by atoms with Crippen LogP contribution in [0.2, 0.25) is 0 Å². The van der Waals surface area contributed by atoms with E-state index in [0.29, 0.717) is 11.6 Å². The van der Waals surface area contributed by atoms with E-state index in [4.69, 9.17) is 28.1 Å². The van der Waals surface area contributed by atoms with E-state index in [9.17, 15) is 32.9 Å². The third-order valence-corrected chi connectivity index (χ3v) is 5.95. The number of rotatable bonds is 9. The molecule has 1 aromatic heterocycles. The molecule has 4 rings (SSSR count). The highest BCUT2D eigenvalue weighted by Gasteiger charge is 2.34. The van der Waals surface area contributed by atoms with Gasteiger partial charge < -0.3 is 28.1 Å². The smallest absolute Gasteiger partial charge is 0.493 e. The first-order valence-corrected chi connectivity index (χ1v) is 12.0. The molecule has 0 N–H and O–H groups in total. The minimum absolute atomic E-state index is 0.172. The molecule has 11 nitrogen and oxygen atoms in total. The van der Waals surface area contributed by atoms with Gasteiger partial charge in [-0.05, 0) is 37.3 Å². The molecule has 0 fully saturated rings. The van der Waals surface area contributed by atoms with Crippen LogP contribution in [0.1, 0.15) is 22.3 Å². The van der Waals surface area contributed by atoms with Crippen LogP contribution in [0, 0.1) is 17.0 Å². The van der Waals surface area contributed by atoms with Crippen molar-refractivity contribution >= 4 is 22.8 Å². The molecule has 0 spiro atoms. The van der Waals surface area contributed by atoms with E-state index < -0.39 is 34.0 Å². The molecule has 0 aliphatic rings. The quantitative estimate of drug-likeness (QED) is 0.0715. The van der Waals surface area contributed by atoms with Gasteiger partial charge in [-0.1, -0.05) is 11.6 Å². The van der Waals surface area contributed by atoms with Crippen LogP contribution in [-0.2, 0) is 24.1 Å². The Morgan fingerprint density at radius 3 is 2.31 bits per heavy atom. The fraction of sp³-hybridized carbons (Fsp3) is 0.214. The Morgan fingerprint density at radius 2 is 1.64 bits per heavy atom. The van der Waals surface area contributed by atoms with Gasteiger partial charge in [0, 0.05) is 23.1 Å². The molecule has 220 valence electrons. The molecule has 1 heterocycles. The highest BCUT2D eigenvalue weighted by atomic mass is 19.4. The molecule has 3 aromatic carbocycles. The molecule has 0 aliphatic carbocycles. The number of aryl methyl sites for hydroxylation is 1. The van der Waals surface area contributed by atoms with Gasteiger partial charge in [-0.3, -0.25) is 10.1 Å². The van der Waals surface area contributed by atoms with Crippen LogP contribution < -0.4 is 24.6 Å². The maximum absolute atomic E-state index is 13.3. The number of hydrogen-bond acceptors (Lipinski definition) is 10. The van der Waals surface area contributed by atoms with E-state index in [1.165, 1.54) is 26.4 Å². The van der Waals surface area contributed by atoms with Gasteiger partial charge in [-0.15, -0.1) is 0 Å². The molecule has 0 unspecified atom stereocenters. The Morgan fingerprint density at radius 1 is 0.929 bits per heavy atom. The number of halogens is 3. The number of methoxy groups -OCH3 is 2. The van der Waals surface area contributed by atoms with Crippen LogP contribution >= 0.6 is 0 Å². The highest BCUT2D eigenvalue weighted by Crippen LogP contribution is 2.36. The van der Waals surface area contributed by atoms with E-state index in [1.54, 1.807) is 25.1 Å². The van der Waals surface area contributed by atoms with Gasteiger partial charge in [0.15, 0.2) is 11.5 Å². The summed E-state index contributed by atoms with van der Waals surface area (Å²) in [5.41, 5.74) is -1.71. The van der Waals surface area contributed by atoms with Crippen LogP contribution in [-0.4, -0.2) is 25.3 Å². The van der Waals surface area contributed by atoms with Crippen molar-refractivity contribution in [3.05, 3.63) is 97.4 Å². The predicted octanol–water partition coefficient (Wildman–Crippen LogP) is 6.34. The summed E-state index contributed by atoms with van der Waals surface area (Å²) in [5.74, 6) is 0.464. The minimum Gasteiger partial charge on any atom is -0.493 e. The Bertz CT molecular complexity index is 1720. The Kier molecular flexibility index (Phi) is 8.54. The number of fused-ring (bicyclic) bond motifs is 1. The molecule has 0 bridgehead atoms. The summed E-state index contributed by atoms with van der Waals surface area (Å²) in [6, 6.07) is 11.0. The predicted molar refractivity (Wildman–Crippen MR) is 140 cm³/mol. The SMILES string of the molecule is COc1cc(COc2ccc(C)cc2COC(=O)Oc2ccc3c(C(F)(F)F)cc(=O)oc3c2)c([N+](=O)[O-])cc1OC. The molecule has 0 radical (unpaired) electrons. The lowest BCUT2D eigenvalue weighted by Crippen LogP contribution is -2.12. The number of nitro benzene ring substituents is 1. The molecule has 0 saturated carbocycles. The second-order valence-electron chi connectivity index (χ2n) is 8.77. The van der Waals surface area contributed by atoms with Gasteiger partial charge in [0.1, 0.15) is 30.3 Å². The Labute approximate surface area is 235 Å². The average Bonchev–Trinajstić information content (AvgIpc) is 2.93. The Hall–Kier alpha value is -5.27. The van der Waals surface area contributed by atoms with Crippen molar-refractivity contribution in [3.63, 3.8) is 0 Å². The standard InChI is InChI=1S/C28H22F3NO10/c1-15-4-7-22(39-13-16-9-24(37-2)25(38-3)12-21(16)32(35)36)17(8-15)14-40-27(34)41-18-5-6-19-20(28(29,30)31)11-26(33)42-23(19)10-18/h4-12H,13-14H2,1-3H3. The van der Waals surface area contributed by atoms with Gasteiger partial charge in [-0.25, -0.2) is 9.59 Å². The van der Waals surface area contributed by atoms with E-state index >= 15 is 0 Å². The number of nitro groups is 1. The number of alkyl halides is 3. The van der Waals surface area contributed by atoms with Gasteiger partial charge in [0.2, 0.25) is 0 Å².